The van der Waals surface area contributed by atoms with Crippen molar-refractivity contribution in [2.24, 2.45) is 10.9 Å². The Morgan fingerprint density at radius 2 is 1.96 bits per heavy atom. The minimum atomic E-state index is 0. The Balaban J connectivity index is 0.00000364. The zero-order valence-corrected chi connectivity index (χ0v) is 19.5. The Labute approximate surface area is 181 Å². The van der Waals surface area contributed by atoms with E-state index in [1.165, 1.54) is 12.8 Å². The number of carbonyl (C=O) groups is 1. The van der Waals surface area contributed by atoms with Gasteiger partial charge in [0.25, 0.3) is 0 Å². The molecule has 1 amide bonds. The lowest BCUT2D eigenvalue weighted by Gasteiger charge is -2.34. The zero-order valence-electron chi connectivity index (χ0n) is 17.2. The van der Waals surface area contributed by atoms with Crippen LogP contribution < -0.4 is 10.6 Å². The van der Waals surface area contributed by atoms with Gasteiger partial charge in [0.1, 0.15) is 0 Å². The number of hydrogen-bond acceptors (Lipinski definition) is 4. The molecule has 2 rings (SSSR count). The van der Waals surface area contributed by atoms with Crippen LogP contribution in [0.2, 0.25) is 0 Å². The van der Waals surface area contributed by atoms with E-state index in [0.717, 1.165) is 64.7 Å². The number of carbonyl (C=O) groups excluding carboxylic acids is 1. The number of nitrogens with one attached hydrogen (secondary N) is 2. The molecule has 2 saturated heterocycles. The van der Waals surface area contributed by atoms with Crippen LogP contribution in [0.4, 0.5) is 0 Å². The highest BCUT2D eigenvalue weighted by molar-refractivity contribution is 14.0. The molecule has 0 radical (unpaired) electrons. The average molecular weight is 495 g/mol. The Morgan fingerprint density at radius 1 is 1.22 bits per heavy atom. The van der Waals surface area contributed by atoms with E-state index < -0.39 is 0 Å². The van der Waals surface area contributed by atoms with Crippen LogP contribution in [0.3, 0.4) is 0 Å². The highest BCUT2D eigenvalue weighted by Crippen LogP contribution is 2.21. The SMILES string of the molecule is CCNC(=NCC1CCCN1CCOC)N1CCC(CC(=O)NC)CC1.I. The van der Waals surface area contributed by atoms with Gasteiger partial charge in [-0.1, -0.05) is 0 Å². The molecule has 0 spiro atoms. The van der Waals surface area contributed by atoms with Crippen molar-refractivity contribution >= 4 is 35.8 Å². The Bertz CT molecular complexity index is 455. The molecule has 2 fully saturated rings. The maximum Gasteiger partial charge on any atom is 0.220 e. The molecule has 2 N–H and O–H groups in total. The van der Waals surface area contributed by atoms with Gasteiger partial charge in [-0.3, -0.25) is 14.7 Å². The number of piperidine rings is 1. The molecule has 7 nitrogen and oxygen atoms in total. The summed E-state index contributed by atoms with van der Waals surface area (Å²) in [7, 11) is 3.48. The molecule has 0 aromatic carbocycles. The van der Waals surface area contributed by atoms with Gasteiger partial charge in [0, 0.05) is 52.8 Å². The molecule has 2 aliphatic heterocycles. The lowest BCUT2D eigenvalue weighted by Crippen LogP contribution is -2.46. The summed E-state index contributed by atoms with van der Waals surface area (Å²) in [5.41, 5.74) is 0. The highest BCUT2D eigenvalue weighted by Gasteiger charge is 2.26. The van der Waals surface area contributed by atoms with E-state index in [4.69, 9.17) is 9.73 Å². The van der Waals surface area contributed by atoms with Crippen molar-refractivity contribution in [3.63, 3.8) is 0 Å². The monoisotopic (exact) mass is 495 g/mol. The number of methoxy groups -OCH3 is 1. The summed E-state index contributed by atoms with van der Waals surface area (Å²) in [5.74, 6) is 1.68. The molecule has 0 aliphatic carbocycles. The third-order valence-corrected chi connectivity index (χ3v) is 5.54. The van der Waals surface area contributed by atoms with Crippen molar-refractivity contribution in [3.05, 3.63) is 0 Å². The Kier molecular flexibility index (Phi) is 12.3. The summed E-state index contributed by atoms with van der Waals surface area (Å²) in [4.78, 5) is 21.4. The first-order valence-corrected chi connectivity index (χ1v) is 10.1. The van der Waals surface area contributed by atoms with Gasteiger partial charge in [-0.05, 0) is 45.1 Å². The summed E-state index contributed by atoms with van der Waals surface area (Å²) in [6.45, 7) is 8.76. The lowest BCUT2D eigenvalue weighted by molar-refractivity contribution is -0.121. The fourth-order valence-electron chi connectivity index (χ4n) is 3.94. The third kappa shape index (κ3) is 8.11. The van der Waals surface area contributed by atoms with Crippen molar-refractivity contribution < 1.29 is 9.53 Å². The number of amides is 1. The molecule has 2 heterocycles. The van der Waals surface area contributed by atoms with Crippen LogP contribution in [0.5, 0.6) is 0 Å². The van der Waals surface area contributed by atoms with Gasteiger partial charge in [0.15, 0.2) is 5.96 Å². The largest absolute Gasteiger partial charge is 0.383 e. The number of hydrogen-bond donors (Lipinski definition) is 2. The molecule has 158 valence electrons. The number of rotatable bonds is 8. The molecule has 0 aromatic heterocycles. The van der Waals surface area contributed by atoms with Crippen LogP contribution in [0.1, 0.15) is 39.0 Å². The number of aliphatic imine (C=N–C) groups is 1. The second kappa shape index (κ2) is 13.5. The van der Waals surface area contributed by atoms with Gasteiger partial charge >= 0.3 is 0 Å². The van der Waals surface area contributed by atoms with Crippen LogP contribution in [0.15, 0.2) is 4.99 Å². The second-order valence-corrected chi connectivity index (χ2v) is 7.33. The van der Waals surface area contributed by atoms with E-state index in [1.54, 1.807) is 14.2 Å². The summed E-state index contributed by atoms with van der Waals surface area (Å²) in [6.07, 6.45) is 5.24. The number of guanidine groups is 1. The van der Waals surface area contributed by atoms with E-state index in [1.807, 2.05) is 0 Å². The predicted molar refractivity (Wildman–Crippen MR) is 121 cm³/mol. The molecule has 27 heavy (non-hydrogen) atoms. The van der Waals surface area contributed by atoms with Gasteiger partial charge in [0.2, 0.25) is 5.91 Å². The van der Waals surface area contributed by atoms with E-state index in [0.29, 0.717) is 18.4 Å². The first-order valence-electron chi connectivity index (χ1n) is 10.1. The Hall–Kier alpha value is -0.610. The molecular formula is C19H38IN5O2. The number of ether oxygens (including phenoxy) is 1. The van der Waals surface area contributed by atoms with Gasteiger partial charge in [-0.2, -0.15) is 0 Å². The zero-order chi connectivity index (χ0) is 18.8. The predicted octanol–water partition coefficient (Wildman–Crippen LogP) is 1.53. The van der Waals surface area contributed by atoms with E-state index in [2.05, 4.69) is 27.4 Å². The maximum absolute atomic E-state index is 11.6. The second-order valence-electron chi connectivity index (χ2n) is 7.33. The van der Waals surface area contributed by atoms with Crippen LogP contribution in [-0.4, -0.2) is 87.7 Å². The topological polar surface area (TPSA) is 69.2 Å². The number of likely N-dealkylation sites (tertiary alicyclic amines) is 2. The van der Waals surface area contributed by atoms with Crippen molar-refractivity contribution in [2.45, 2.75) is 45.1 Å². The van der Waals surface area contributed by atoms with Crippen LogP contribution in [-0.2, 0) is 9.53 Å². The standard InChI is InChI=1S/C19H37N5O2.HI/c1-4-21-19(22-15-17-6-5-9-23(17)12-13-26-3)24-10-7-16(8-11-24)14-18(25)20-2;/h16-17H,4-15H2,1-3H3,(H,20,25)(H,21,22);1H. The molecular weight excluding hydrogens is 457 g/mol. The van der Waals surface area contributed by atoms with Gasteiger partial charge < -0.3 is 20.3 Å². The van der Waals surface area contributed by atoms with E-state index in [-0.39, 0.29) is 29.9 Å². The minimum absolute atomic E-state index is 0. The van der Waals surface area contributed by atoms with Crippen LogP contribution in [0.25, 0.3) is 0 Å². The number of nitrogens with zero attached hydrogens (tertiary/aromatic N) is 3. The fraction of sp³-hybridized carbons (Fsp3) is 0.895. The smallest absolute Gasteiger partial charge is 0.220 e. The first-order chi connectivity index (χ1) is 12.7. The van der Waals surface area contributed by atoms with Gasteiger partial charge in [-0.15, -0.1) is 24.0 Å². The quantitative estimate of drug-likeness (QED) is 0.304. The molecule has 0 saturated carbocycles. The van der Waals surface area contributed by atoms with Gasteiger partial charge in [-0.25, -0.2) is 0 Å². The van der Waals surface area contributed by atoms with Crippen molar-refractivity contribution in [1.82, 2.24) is 20.4 Å². The van der Waals surface area contributed by atoms with E-state index >= 15 is 0 Å². The number of halogens is 1. The summed E-state index contributed by atoms with van der Waals surface area (Å²) in [5, 5.41) is 6.19. The molecule has 1 atom stereocenters. The normalized spacial score (nSPS) is 21.8. The maximum atomic E-state index is 11.6. The molecule has 0 aromatic rings. The highest BCUT2D eigenvalue weighted by atomic mass is 127. The molecule has 1 unspecified atom stereocenters. The van der Waals surface area contributed by atoms with Crippen molar-refractivity contribution in [2.75, 3.05) is 60.0 Å². The molecule has 8 heteroatoms. The minimum Gasteiger partial charge on any atom is -0.383 e. The average Bonchev–Trinajstić information content (AvgIpc) is 3.11. The first kappa shape index (κ1) is 24.4. The van der Waals surface area contributed by atoms with E-state index in [9.17, 15) is 4.79 Å². The third-order valence-electron chi connectivity index (χ3n) is 5.54. The van der Waals surface area contributed by atoms with Gasteiger partial charge in [0.05, 0.1) is 13.2 Å². The van der Waals surface area contributed by atoms with Crippen molar-refractivity contribution in [1.29, 1.82) is 0 Å². The van der Waals surface area contributed by atoms with Crippen LogP contribution >= 0.6 is 24.0 Å². The summed E-state index contributed by atoms with van der Waals surface area (Å²) < 4.78 is 5.23. The molecule has 0 bridgehead atoms. The molecule has 2 aliphatic rings. The Morgan fingerprint density at radius 3 is 2.59 bits per heavy atom. The van der Waals surface area contributed by atoms with Crippen LogP contribution in [0, 0.1) is 5.92 Å². The summed E-state index contributed by atoms with van der Waals surface area (Å²) in [6, 6.07) is 0.532. The lowest BCUT2D eigenvalue weighted by atomic mass is 9.93. The van der Waals surface area contributed by atoms with Crippen molar-refractivity contribution in [3.8, 4) is 0 Å². The fourth-order valence-corrected chi connectivity index (χ4v) is 3.94. The summed E-state index contributed by atoms with van der Waals surface area (Å²) >= 11 is 0.